The number of hydrogen-bond acceptors (Lipinski definition) is 4. The molecule has 3 unspecified atom stereocenters. The monoisotopic (exact) mass is 394 g/mol. The summed E-state index contributed by atoms with van der Waals surface area (Å²) < 4.78 is 11.8. The van der Waals surface area contributed by atoms with Crippen molar-refractivity contribution in [2.24, 2.45) is 11.8 Å². The van der Waals surface area contributed by atoms with Gasteiger partial charge in [-0.05, 0) is 49.1 Å². The largest absolute Gasteiger partial charge is 0.504 e. The number of phenols is 1. The molecule has 0 amide bonds. The van der Waals surface area contributed by atoms with Crippen molar-refractivity contribution >= 4 is 21.7 Å². The molecule has 0 heterocycles. The van der Waals surface area contributed by atoms with Crippen molar-refractivity contribution in [2.45, 2.75) is 50.0 Å². The molecule has 0 spiro atoms. The van der Waals surface area contributed by atoms with Gasteiger partial charge in [0, 0.05) is 29.0 Å². The second kappa shape index (κ2) is 5.73. The normalized spacial score (nSPS) is 34.5. The van der Waals surface area contributed by atoms with Gasteiger partial charge in [0.05, 0.1) is 7.11 Å². The van der Waals surface area contributed by atoms with Gasteiger partial charge < -0.3 is 14.6 Å². The molecule has 1 N–H and O–H groups in total. The number of aromatic hydroxyl groups is 1. The Balaban J connectivity index is 1.94. The van der Waals surface area contributed by atoms with Crippen LogP contribution in [0.1, 0.15) is 43.2 Å². The molecule has 5 heteroatoms. The fourth-order valence-corrected chi connectivity index (χ4v) is 6.19. The van der Waals surface area contributed by atoms with Crippen LogP contribution >= 0.6 is 15.9 Å². The number of rotatable bonds is 2. The molecule has 24 heavy (non-hydrogen) atoms. The van der Waals surface area contributed by atoms with E-state index in [1.54, 1.807) is 14.2 Å². The highest BCUT2D eigenvalue weighted by Crippen LogP contribution is 2.62. The molecule has 2 fully saturated rings. The third-order valence-electron chi connectivity index (χ3n) is 6.58. The topological polar surface area (TPSA) is 55.8 Å². The summed E-state index contributed by atoms with van der Waals surface area (Å²) >= 11 is 3.67. The van der Waals surface area contributed by atoms with E-state index in [4.69, 9.17) is 9.47 Å². The van der Waals surface area contributed by atoms with E-state index >= 15 is 0 Å². The number of hydrogen-bond donors (Lipinski definition) is 1. The Kier molecular flexibility index (Phi) is 3.92. The molecule has 0 aliphatic heterocycles. The van der Waals surface area contributed by atoms with Gasteiger partial charge in [-0.15, -0.1) is 0 Å². The highest BCUT2D eigenvalue weighted by atomic mass is 79.9. The Morgan fingerprint density at radius 1 is 1.38 bits per heavy atom. The Morgan fingerprint density at radius 3 is 2.88 bits per heavy atom. The number of halogens is 1. The van der Waals surface area contributed by atoms with Gasteiger partial charge in [0.15, 0.2) is 17.3 Å². The van der Waals surface area contributed by atoms with E-state index in [9.17, 15) is 9.90 Å². The van der Waals surface area contributed by atoms with Crippen LogP contribution in [0.3, 0.4) is 0 Å². The minimum atomic E-state index is -0.290. The smallest absolute Gasteiger partial charge is 0.162 e. The van der Waals surface area contributed by atoms with E-state index in [1.807, 2.05) is 6.07 Å². The Hall–Kier alpha value is -1.07. The van der Waals surface area contributed by atoms with Crippen LogP contribution in [0.15, 0.2) is 10.5 Å². The molecule has 4 rings (SSSR count). The number of methoxy groups -OCH3 is 2. The average Bonchev–Trinajstić information content (AvgIpc) is 2.56. The van der Waals surface area contributed by atoms with Gasteiger partial charge in [-0.2, -0.15) is 0 Å². The first-order valence-electron chi connectivity index (χ1n) is 8.66. The SMILES string of the molecule is COc1cc(Br)c2c(c1O)[C@@]13CCCC(C2)C1CC(OC)C(=O)C3. The summed E-state index contributed by atoms with van der Waals surface area (Å²) in [7, 11) is 3.20. The second-order valence-electron chi connectivity index (χ2n) is 7.49. The second-order valence-corrected chi connectivity index (χ2v) is 8.34. The molecule has 2 saturated carbocycles. The maximum Gasteiger partial charge on any atom is 0.162 e. The van der Waals surface area contributed by atoms with Gasteiger partial charge in [-0.3, -0.25) is 4.79 Å². The van der Waals surface area contributed by atoms with Crippen LogP contribution in [0.2, 0.25) is 0 Å². The van der Waals surface area contributed by atoms with E-state index in [2.05, 4.69) is 15.9 Å². The van der Waals surface area contributed by atoms with E-state index in [0.717, 1.165) is 41.3 Å². The molecule has 4 atom stereocenters. The number of fused-ring (bicyclic) bond motifs is 1. The predicted octanol–water partition coefficient (Wildman–Crippen LogP) is 3.75. The van der Waals surface area contributed by atoms with E-state index < -0.39 is 0 Å². The number of Topliss-reactive ketones (excluding diaryl/α,β-unsaturated/α-hetero) is 1. The standard InChI is InChI=1S/C19H23BrO4/c1-23-15-7-12-10-4-3-5-19(12,9-14(15)21)17-11(6-10)13(20)8-16(24-2)18(17)22/h8,10,12,15,22H,3-7,9H2,1-2H3/t10?,12?,15?,19-/m1/s1. The van der Waals surface area contributed by atoms with Crippen LogP contribution < -0.4 is 4.74 Å². The number of benzene rings is 1. The minimum absolute atomic E-state index is 0.167. The van der Waals surface area contributed by atoms with Crippen molar-refractivity contribution in [2.75, 3.05) is 14.2 Å². The van der Waals surface area contributed by atoms with Gasteiger partial charge in [0.2, 0.25) is 0 Å². The first kappa shape index (κ1) is 16.4. The summed E-state index contributed by atoms with van der Waals surface area (Å²) in [6.07, 6.45) is 5.15. The summed E-state index contributed by atoms with van der Waals surface area (Å²) in [5.41, 5.74) is 1.86. The highest BCUT2D eigenvalue weighted by molar-refractivity contribution is 9.10. The molecule has 2 bridgehead atoms. The summed E-state index contributed by atoms with van der Waals surface area (Å²) in [5, 5.41) is 10.9. The lowest BCUT2D eigenvalue weighted by molar-refractivity contribution is -0.140. The van der Waals surface area contributed by atoms with Gasteiger partial charge in [-0.1, -0.05) is 22.4 Å². The molecule has 1 aromatic rings. The Bertz CT molecular complexity index is 701. The number of ketones is 1. The average molecular weight is 395 g/mol. The van der Waals surface area contributed by atoms with E-state index in [1.165, 1.54) is 6.42 Å². The fourth-order valence-electron chi connectivity index (χ4n) is 5.62. The lowest BCUT2D eigenvalue weighted by atomic mass is 9.48. The zero-order valence-electron chi connectivity index (χ0n) is 14.1. The first-order valence-corrected chi connectivity index (χ1v) is 9.45. The van der Waals surface area contributed by atoms with Crippen LogP contribution in [0.5, 0.6) is 11.5 Å². The molecule has 0 saturated heterocycles. The highest BCUT2D eigenvalue weighted by Gasteiger charge is 2.57. The minimum Gasteiger partial charge on any atom is -0.504 e. The van der Waals surface area contributed by atoms with Crippen molar-refractivity contribution < 1.29 is 19.4 Å². The zero-order chi connectivity index (χ0) is 17.1. The van der Waals surface area contributed by atoms with Crippen LogP contribution in [-0.2, 0) is 21.4 Å². The summed E-state index contributed by atoms with van der Waals surface area (Å²) in [5.74, 6) is 1.83. The number of carbonyl (C=O) groups is 1. The summed E-state index contributed by atoms with van der Waals surface area (Å²) in [6, 6.07) is 1.85. The number of ether oxygens (including phenoxy) is 2. The zero-order valence-corrected chi connectivity index (χ0v) is 15.7. The van der Waals surface area contributed by atoms with E-state index in [0.29, 0.717) is 24.0 Å². The van der Waals surface area contributed by atoms with Crippen molar-refractivity contribution in [3.05, 3.63) is 21.7 Å². The Labute approximate surface area is 150 Å². The first-order chi connectivity index (χ1) is 11.5. The van der Waals surface area contributed by atoms with Crippen LogP contribution in [0.4, 0.5) is 0 Å². The maximum atomic E-state index is 12.7. The lowest BCUT2D eigenvalue weighted by Gasteiger charge is -2.56. The van der Waals surface area contributed by atoms with Gasteiger partial charge in [0.1, 0.15) is 6.10 Å². The van der Waals surface area contributed by atoms with Crippen molar-refractivity contribution in [3.63, 3.8) is 0 Å². The van der Waals surface area contributed by atoms with Gasteiger partial charge in [-0.25, -0.2) is 0 Å². The van der Waals surface area contributed by atoms with Crippen LogP contribution in [0, 0.1) is 11.8 Å². The number of carbonyl (C=O) groups excluding carboxylic acids is 1. The Morgan fingerprint density at radius 2 is 2.17 bits per heavy atom. The van der Waals surface area contributed by atoms with Crippen molar-refractivity contribution in [1.82, 2.24) is 0 Å². The predicted molar refractivity (Wildman–Crippen MR) is 93.6 cm³/mol. The molecule has 0 radical (unpaired) electrons. The van der Waals surface area contributed by atoms with Crippen LogP contribution in [0.25, 0.3) is 0 Å². The molecule has 4 nitrogen and oxygen atoms in total. The summed E-state index contributed by atoms with van der Waals surface area (Å²) in [6.45, 7) is 0. The lowest BCUT2D eigenvalue weighted by Crippen LogP contribution is -2.55. The van der Waals surface area contributed by atoms with Gasteiger partial charge >= 0.3 is 0 Å². The summed E-state index contributed by atoms with van der Waals surface area (Å²) in [4.78, 5) is 12.7. The molecule has 130 valence electrons. The molecule has 0 aromatic heterocycles. The van der Waals surface area contributed by atoms with Crippen LogP contribution in [-0.4, -0.2) is 31.2 Å². The molecule has 3 aliphatic rings. The molecular weight excluding hydrogens is 372 g/mol. The van der Waals surface area contributed by atoms with Gasteiger partial charge in [0.25, 0.3) is 0 Å². The third-order valence-corrected chi connectivity index (χ3v) is 7.29. The molecule has 3 aliphatic carbocycles. The fraction of sp³-hybridized carbons (Fsp3) is 0.632. The molecular formula is C19H23BrO4. The van der Waals surface area contributed by atoms with Crippen molar-refractivity contribution in [3.8, 4) is 11.5 Å². The quantitative estimate of drug-likeness (QED) is 0.829. The van der Waals surface area contributed by atoms with E-state index in [-0.39, 0.29) is 23.1 Å². The number of phenolic OH excluding ortho intramolecular Hbond substituents is 1. The maximum absolute atomic E-state index is 12.7. The van der Waals surface area contributed by atoms with Crippen molar-refractivity contribution in [1.29, 1.82) is 0 Å². The third kappa shape index (κ3) is 2.10. The molecule has 1 aromatic carbocycles.